The molecule has 0 heterocycles. The Labute approximate surface area is 128 Å². The summed E-state index contributed by atoms with van der Waals surface area (Å²) in [4.78, 5) is 0. The molecule has 2 rings (SSSR count). The van der Waals surface area contributed by atoms with Gasteiger partial charge in [0.25, 0.3) is 0 Å². The number of quaternary nitrogens is 1. The number of aryl methyl sites for hydroxylation is 1. The number of hydrogen-bond donors (Lipinski definition) is 1. The van der Waals surface area contributed by atoms with Crippen LogP contribution in [0.25, 0.3) is 0 Å². The lowest BCUT2D eigenvalue weighted by Gasteiger charge is -2.11. The molecule has 2 aromatic rings. The first-order chi connectivity index (χ1) is 10.3. The van der Waals surface area contributed by atoms with Gasteiger partial charge in [-0.25, -0.2) is 0 Å². The zero-order valence-corrected chi connectivity index (χ0v) is 13.1. The summed E-state index contributed by atoms with van der Waals surface area (Å²) in [5, 5.41) is 2.45. The van der Waals surface area contributed by atoms with E-state index in [-0.39, 0.29) is 0 Å². The molecule has 0 radical (unpaired) electrons. The summed E-state index contributed by atoms with van der Waals surface area (Å²) >= 11 is 0. The molecule has 0 bridgehead atoms. The average molecular weight is 284 g/mol. The van der Waals surface area contributed by atoms with Gasteiger partial charge in [-0.2, -0.15) is 0 Å². The maximum Gasteiger partial charge on any atom is 0.118 e. The minimum atomic E-state index is 0.670. The third kappa shape index (κ3) is 5.60. The maximum absolute atomic E-state index is 5.18. The van der Waals surface area contributed by atoms with Gasteiger partial charge >= 0.3 is 0 Å². The van der Waals surface area contributed by atoms with Crippen LogP contribution in [0.2, 0.25) is 0 Å². The number of benzene rings is 2. The van der Waals surface area contributed by atoms with Crippen LogP contribution in [0.15, 0.2) is 54.6 Å². The van der Waals surface area contributed by atoms with Crippen molar-refractivity contribution in [3.05, 3.63) is 65.7 Å². The predicted molar refractivity (Wildman–Crippen MR) is 87.7 cm³/mol. The van der Waals surface area contributed by atoms with Crippen molar-refractivity contribution in [2.75, 3.05) is 13.7 Å². The third-order valence-corrected chi connectivity index (χ3v) is 3.89. The summed E-state index contributed by atoms with van der Waals surface area (Å²) in [6.45, 7) is 3.46. The lowest BCUT2D eigenvalue weighted by atomic mass is 10.1. The largest absolute Gasteiger partial charge is 0.497 e. The van der Waals surface area contributed by atoms with Gasteiger partial charge < -0.3 is 10.1 Å². The molecule has 0 aliphatic carbocycles. The first-order valence-electron chi connectivity index (χ1n) is 7.78. The van der Waals surface area contributed by atoms with Gasteiger partial charge in [0.1, 0.15) is 5.75 Å². The van der Waals surface area contributed by atoms with Gasteiger partial charge in [0.05, 0.1) is 19.7 Å². The molecule has 0 aromatic heterocycles. The highest BCUT2D eigenvalue weighted by Crippen LogP contribution is 2.11. The molecule has 1 atom stereocenters. The Bertz CT molecular complexity index is 507. The summed E-state index contributed by atoms with van der Waals surface area (Å²) in [6, 6.07) is 19.8. The molecule has 0 unspecified atom stereocenters. The van der Waals surface area contributed by atoms with Gasteiger partial charge in [0.15, 0.2) is 0 Å². The van der Waals surface area contributed by atoms with Gasteiger partial charge in [-0.05, 0) is 36.6 Å². The van der Waals surface area contributed by atoms with Crippen LogP contribution in [0.4, 0.5) is 0 Å². The summed E-state index contributed by atoms with van der Waals surface area (Å²) in [5.41, 5.74) is 2.82. The predicted octanol–water partition coefficient (Wildman–Crippen LogP) is 2.82. The van der Waals surface area contributed by atoms with Gasteiger partial charge in [-0.15, -0.1) is 0 Å². The maximum atomic E-state index is 5.18. The molecule has 0 aliphatic heterocycles. The van der Waals surface area contributed by atoms with Crippen molar-refractivity contribution in [1.82, 2.24) is 0 Å². The number of methoxy groups -OCH3 is 1. The van der Waals surface area contributed by atoms with Gasteiger partial charge in [-0.1, -0.05) is 42.5 Å². The van der Waals surface area contributed by atoms with E-state index in [0.29, 0.717) is 6.04 Å². The quantitative estimate of drug-likeness (QED) is 0.792. The second kappa shape index (κ2) is 8.48. The van der Waals surface area contributed by atoms with Crippen LogP contribution in [-0.4, -0.2) is 19.7 Å². The molecular formula is C19H26NO+. The number of ether oxygens (including phenoxy) is 1. The molecule has 0 saturated carbocycles. The molecule has 2 heteroatoms. The molecular weight excluding hydrogens is 258 g/mol. The minimum Gasteiger partial charge on any atom is -0.497 e. The van der Waals surface area contributed by atoms with E-state index in [2.05, 4.69) is 54.7 Å². The van der Waals surface area contributed by atoms with Gasteiger partial charge in [0.2, 0.25) is 0 Å². The standard InChI is InChI=1S/C19H25NO/c1-16(8-9-17-6-4-3-5-7-17)20-15-14-18-10-12-19(21-2)13-11-18/h3-7,10-13,16,20H,8-9,14-15H2,1-2H3/p+1/t16-/m0/s1. The molecule has 112 valence electrons. The van der Waals surface area contributed by atoms with E-state index in [0.717, 1.165) is 18.7 Å². The smallest absolute Gasteiger partial charge is 0.118 e. The van der Waals surface area contributed by atoms with Crippen molar-refractivity contribution in [3.63, 3.8) is 0 Å². The fraction of sp³-hybridized carbons (Fsp3) is 0.368. The molecule has 0 spiro atoms. The summed E-state index contributed by atoms with van der Waals surface area (Å²) in [5.74, 6) is 0.930. The second-order valence-corrected chi connectivity index (χ2v) is 5.62. The molecule has 2 N–H and O–H groups in total. The molecule has 0 saturated heterocycles. The highest BCUT2D eigenvalue weighted by molar-refractivity contribution is 5.27. The Hall–Kier alpha value is -1.80. The molecule has 0 amide bonds. The van der Waals surface area contributed by atoms with E-state index >= 15 is 0 Å². The molecule has 2 nitrogen and oxygen atoms in total. The van der Waals surface area contributed by atoms with Crippen molar-refractivity contribution in [2.24, 2.45) is 0 Å². The SMILES string of the molecule is COc1ccc(CC[NH2+][C@@H](C)CCc2ccccc2)cc1. The van der Waals surface area contributed by atoms with E-state index in [1.807, 2.05) is 12.1 Å². The fourth-order valence-corrected chi connectivity index (χ4v) is 2.48. The Balaban J connectivity index is 1.65. The van der Waals surface area contributed by atoms with Crippen LogP contribution in [0.5, 0.6) is 5.75 Å². The molecule has 0 fully saturated rings. The molecule has 0 aliphatic rings. The highest BCUT2D eigenvalue weighted by Gasteiger charge is 2.05. The monoisotopic (exact) mass is 284 g/mol. The van der Waals surface area contributed by atoms with Crippen LogP contribution in [0.3, 0.4) is 0 Å². The van der Waals surface area contributed by atoms with E-state index in [1.165, 1.54) is 24.0 Å². The lowest BCUT2D eigenvalue weighted by molar-refractivity contribution is -0.686. The van der Waals surface area contributed by atoms with E-state index in [1.54, 1.807) is 7.11 Å². The first-order valence-corrected chi connectivity index (χ1v) is 7.78. The highest BCUT2D eigenvalue weighted by atomic mass is 16.5. The summed E-state index contributed by atoms with van der Waals surface area (Å²) in [6.07, 6.45) is 3.51. The zero-order valence-electron chi connectivity index (χ0n) is 13.1. The Morgan fingerprint density at radius 1 is 0.905 bits per heavy atom. The van der Waals surface area contributed by atoms with Crippen LogP contribution in [0.1, 0.15) is 24.5 Å². The van der Waals surface area contributed by atoms with Crippen molar-refractivity contribution in [1.29, 1.82) is 0 Å². The van der Waals surface area contributed by atoms with Crippen molar-refractivity contribution in [3.8, 4) is 5.75 Å². The number of rotatable bonds is 8. The van der Waals surface area contributed by atoms with E-state index < -0.39 is 0 Å². The van der Waals surface area contributed by atoms with Gasteiger partial charge in [-0.3, -0.25) is 0 Å². The van der Waals surface area contributed by atoms with Crippen molar-refractivity contribution < 1.29 is 10.1 Å². The first kappa shape index (κ1) is 15.6. The number of nitrogens with two attached hydrogens (primary N) is 1. The summed E-state index contributed by atoms with van der Waals surface area (Å²) < 4.78 is 5.18. The second-order valence-electron chi connectivity index (χ2n) is 5.62. The Morgan fingerprint density at radius 2 is 1.57 bits per heavy atom. The third-order valence-electron chi connectivity index (χ3n) is 3.89. The van der Waals surface area contributed by atoms with Crippen molar-refractivity contribution in [2.45, 2.75) is 32.2 Å². The fourth-order valence-electron chi connectivity index (χ4n) is 2.48. The van der Waals surface area contributed by atoms with Crippen LogP contribution in [-0.2, 0) is 12.8 Å². The van der Waals surface area contributed by atoms with E-state index in [9.17, 15) is 0 Å². The topological polar surface area (TPSA) is 25.8 Å². The normalized spacial score (nSPS) is 12.1. The Kier molecular flexibility index (Phi) is 6.29. The Morgan fingerprint density at radius 3 is 2.24 bits per heavy atom. The molecule has 2 aromatic carbocycles. The molecule has 21 heavy (non-hydrogen) atoms. The van der Waals surface area contributed by atoms with Crippen LogP contribution < -0.4 is 10.1 Å². The van der Waals surface area contributed by atoms with Crippen LogP contribution in [0, 0.1) is 0 Å². The zero-order chi connectivity index (χ0) is 14.9. The van der Waals surface area contributed by atoms with Crippen LogP contribution >= 0.6 is 0 Å². The van der Waals surface area contributed by atoms with Crippen molar-refractivity contribution >= 4 is 0 Å². The van der Waals surface area contributed by atoms with Gasteiger partial charge in [0, 0.05) is 12.8 Å². The number of hydrogen-bond acceptors (Lipinski definition) is 1. The van der Waals surface area contributed by atoms with E-state index in [4.69, 9.17) is 4.74 Å². The minimum absolute atomic E-state index is 0.670. The average Bonchev–Trinajstić information content (AvgIpc) is 2.54. The summed E-state index contributed by atoms with van der Waals surface area (Å²) in [7, 11) is 1.71. The lowest BCUT2D eigenvalue weighted by Crippen LogP contribution is -2.89.